The van der Waals surface area contributed by atoms with Gasteiger partial charge in [0.1, 0.15) is 6.61 Å². The summed E-state index contributed by atoms with van der Waals surface area (Å²) in [6.07, 6.45) is 0.989. The van der Waals surface area contributed by atoms with Gasteiger partial charge in [-0.25, -0.2) is 0 Å². The third-order valence-corrected chi connectivity index (χ3v) is 5.00. The Hall–Kier alpha value is -3.67. The van der Waals surface area contributed by atoms with Gasteiger partial charge in [0.2, 0.25) is 12.7 Å². The highest BCUT2D eigenvalue weighted by Gasteiger charge is 2.13. The highest BCUT2D eigenvalue weighted by Crippen LogP contribution is 2.32. The Morgan fingerprint density at radius 1 is 0.903 bits per heavy atom. The van der Waals surface area contributed by atoms with Gasteiger partial charge in [0.25, 0.3) is 0 Å². The van der Waals surface area contributed by atoms with Crippen LogP contribution in [0.5, 0.6) is 23.0 Å². The maximum absolute atomic E-state index is 12.4. The van der Waals surface area contributed by atoms with Crippen LogP contribution < -0.4 is 24.3 Å². The van der Waals surface area contributed by atoms with Crippen LogP contribution in [-0.4, -0.2) is 26.4 Å². The van der Waals surface area contributed by atoms with Crippen molar-refractivity contribution in [3.05, 3.63) is 83.4 Å². The van der Waals surface area contributed by atoms with E-state index >= 15 is 0 Å². The molecule has 0 spiro atoms. The summed E-state index contributed by atoms with van der Waals surface area (Å²) in [5.41, 5.74) is 3.02. The summed E-state index contributed by atoms with van der Waals surface area (Å²) in [6.45, 7) is 1.24. The van der Waals surface area contributed by atoms with Gasteiger partial charge in [-0.2, -0.15) is 0 Å². The number of hydrogen-bond acceptors (Lipinski definition) is 5. The lowest BCUT2D eigenvalue weighted by molar-refractivity contribution is -0.120. The van der Waals surface area contributed by atoms with Gasteiger partial charge in [0.15, 0.2) is 23.0 Å². The minimum Gasteiger partial charge on any atom is -0.493 e. The summed E-state index contributed by atoms with van der Waals surface area (Å²) in [5, 5.41) is 2.97. The first-order chi connectivity index (χ1) is 15.2. The zero-order chi connectivity index (χ0) is 21.5. The number of nitrogens with one attached hydrogen (secondary N) is 1. The average Bonchev–Trinajstić information content (AvgIpc) is 3.26. The van der Waals surface area contributed by atoms with Gasteiger partial charge < -0.3 is 24.3 Å². The fourth-order valence-corrected chi connectivity index (χ4v) is 3.37. The van der Waals surface area contributed by atoms with Crippen molar-refractivity contribution in [2.24, 2.45) is 0 Å². The van der Waals surface area contributed by atoms with E-state index in [0.717, 1.165) is 34.6 Å². The largest absolute Gasteiger partial charge is 0.493 e. The van der Waals surface area contributed by atoms with Crippen molar-refractivity contribution in [1.29, 1.82) is 0 Å². The van der Waals surface area contributed by atoms with E-state index in [1.807, 2.05) is 66.7 Å². The quantitative estimate of drug-likeness (QED) is 0.570. The predicted molar refractivity (Wildman–Crippen MR) is 117 cm³/mol. The Kier molecular flexibility index (Phi) is 6.57. The van der Waals surface area contributed by atoms with E-state index in [1.54, 1.807) is 7.11 Å². The Balaban J connectivity index is 1.30. The molecule has 6 nitrogen and oxygen atoms in total. The summed E-state index contributed by atoms with van der Waals surface area (Å²) in [4.78, 5) is 12.4. The minimum absolute atomic E-state index is 0.0417. The molecule has 4 rings (SSSR count). The maximum atomic E-state index is 12.4. The zero-order valence-corrected chi connectivity index (χ0v) is 17.4. The molecule has 0 fully saturated rings. The Morgan fingerprint density at radius 3 is 2.55 bits per heavy atom. The molecule has 160 valence electrons. The summed E-state index contributed by atoms with van der Waals surface area (Å²) in [6, 6.07) is 21.3. The minimum atomic E-state index is -0.0417. The molecule has 3 aromatic rings. The van der Waals surface area contributed by atoms with Crippen molar-refractivity contribution in [2.75, 3.05) is 20.4 Å². The molecule has 0 unspecified atom stereocenters. The van der Waals surface area contributed by atoms with Crippen LogP contribution in [0.25, 0.3) is 0 Å². The Labute approximate surface area is 181 Å². The van der Waals surface area contributed by atoms with Gasteiger partial charge in [0, 0.05) is 6.54 Å². The van der Waals surface area contributed by atoms with E-state index in [4.69, 9.17) is 18.9 Å². The van der Waals surface area contributed by atoms with Gasteiger partial charge in [-0.3, -0.25) is 4.79 Å². The lowest BCUT2D eigenvalue weighted by Crippen LogP contribution is -2.27. The first kappa shape index (κ1) is 20.6. The van der Waals surface area contributed by atoms with Crippen molar-refractivity contribution < 1.29 is 23.7 Å². The number of ether oxygens (including phenoxy) is 4. The van der Waals surface area contributed by atoms with E-state index < -0.39 is 0 Å². The summed E-state index contributed by atoms with van der Waals surface area (Å²) in [5.74, 6) is 2.74. The number of hydrogen-bond donors (Lipinski definition) is 1. The third kappa shape index (κ3) is 5.48. The van der Waals surface area contributed by atoms with Crippen LogP contribution >= 0.6 is 0 Å². The highest BCUT2D eigenvalue weighted by atomic mass is 16.7. The van der Waals surface area contributed by atoms with Crippen LogP contribution in [0.4, 0.5) is 0 Å². The second-order valence-corrected chi connectivity index (χ2v) is 7.22. The molecule has 0 saturated carbocycles. The second kappa shape index (κ2) is 9.89. The van der Waals surface area contributed by atoms with E-state index in [0.29, 0.717) is 24.7 Å². The zero-order valence-electron chi connectivity index (χ0n) is 17.4. The fraction of sp³-hybridized carbons (Fsp3) is 0.240. The molecular weight excluding hydrogens is 394 g/mol. The standard InChI is InChI=1S/C25H25NO5/c1-28-21-9-8-20(14-23(21)29-16-19-5-3-2-4-6-19)15-25(27)26-12-11-18-7-10-22-24(13-18)31-17-30-22/h2-10,13-14H,11-12,15-17H2,1H3,(H,26,27). The van der Waals surface area contributed by atoms with Gasteiger partial charge in [-0.15, -0.1) is 0 Å². The number of fused-ring (bicyclic) bond motifs is 1. The average molecular weight is 419 g/mol. The molecule has 0 aliphatic carbocycles. The smallest absolute Gasteiger partial charge is 0.231 e. The van der Waals surface area contributed by atoms with E-state index in [-0.39, 0.29) is 19.1 Å². The summed E-state index contributed by atoms with van der Waals surface area (Å²) >= 11 is 0. The van der Waals surface area contributed by atoms with Gasteiger partial charge >= 0.3 is 0 Å². The monoisotopic (exact) mass is 419 g/mol. The molecule has 1 heterocycles. The summed E-state index contributed by atoms with van der Waals surface area (Å²) < 4.78 is 22.0. The predicted octanol–water partition coefficient (Wildman–Crippen LogP) is 3.90. The van der Waals surface area contributed by atoms with Crippen LogP contribution in [0, 0.1) is 0 Å². The number of methoxy groups -OCH3 is 1. The number of rotatable bonds is 9. The fourth-order valence-electron chi connectivity index (χ4n) is 3.37. The molecule has 0 atom stereocenters. The summed E-state index contributed by atoms with van der Waals surface area (Å²) in [7, 11) is 1.60. The molecule has 1 N–H and O–H groups in total. The normalized spacial score (nSPS) is 11.8. The van der Waals surface area contributed by atoms with E-state index in [1.165, 1.54) is 0 Å². The van der Waals surface area contributed by atoms with E-state index in [9.17, 15) is 4.79 Å². The molecule has 0 saturated heterocycles. The molecule has 31 heavy (non-hydrogen) atoms. The van der Waals surface area contributed by atoms with Gasteiger partial charge in [0.05, 0.1) is 13.5 Å². The second-order valence-electron chi connectivity index (χ2n) is 7.22. The molecule has 1 amide bonds. The molecule has 1 aliphatic rings. The van der Waals surface area contributed by atoms with Crippen LogP contribution in [0.2, 0.25) is 0 Å². The van der Waals surface area contributed by atoms with Crippen LogP contribution in [-0.2, 0) is 24.2 Å². The molecule has 6 heteroatoms. The van der Waals surface area contributed by atoms with Crippen LogP contribution in [0.15, 0.2) is 66.7 Å². The number of carbonyl (C=O) groups excluding carboxylic acids is 1. The number of benzene rings is 3. The van der Waals surface area contributed by atoms with Crippen molar-refractivity contribution >= 4 is 5.91 Å². The third-order valence-electron chi connectivity index (χ3n) is 5.00. The lowest BCUT2D eigenvalue weighted by atomic mass is 10.1. The Bertz CT molecular complexity index is 1040. The molecule has 0 bridgehead atoms. The number of carbonyl (C=O) groups is 1. The van der Waals surface area contributed by atoms with Crippen LogP contribution in [0.1, 0.15) is 16.7 Å². The highest BCUT2D eigenvalue weighted by molar-refractivity contribution is 5.78. The lowest BCUT2D eigenvalue weighted by Gasteiger charge is -2.13. The maximum Gasteiger partial charge on any atom is 0.231 e. The molecule has 1 aliphatic heterocycles. The van der Waals surface area contributed by atoms with Crippen molar-refractivity contribution in [1.82, 2.24) is 5.32 Å². The Morgan fingerprint density at radius 2 is 1.71 bits per heavy atom. The topological polar surface area (TPSA) is 66.0 Å². The molecule has 3 aromatic carbocycles. The van der Waals surface area contributed by atoms with Crippen molar-refractivity contribution in [2.45, 2.75) is 19.4 Å². The molecule has 0 radical (unpaired) electrons. The first-order valence-electron chi connectivity index (χ1n) is 10.2. The van der Waals surface area contributed by atoms with Crippen molar-refractivity contribution in [3.63, 3.8) is 0 Å². The molecular formula is C25H25NO5. The first-order valence-corrected chi connectivity index (χ1v) is 10.2. The van der Waals surface area contributed by atoms with Crippen molar-refractivity contribution in [3.8, 4) is 23.0 Å². The van der Waals surface area contributed by atoms with Gasteiger partial charge in [-0.1, -0.05) is 42.5 Å². The molecule has 0 aromatic heterocycles. The van der Waals surface area contributed by atoms with Crippen LogP contribution in [0.3, 0.4) is 0 Å². The SMILES string of the molecule is COc1ccc(CC(=O)NCCc2ccc3c(c2)OCO3)cc1OCc1ccccc1. The number of amides is 1. The van der Waals surface area contributed by atoms with E-state index in [2.05, 4.69) is 5.32 Å². The van der Waals surface area contributed by atoms with Gasteiger partial charge in [-0.05, 0) is 47.4 Å².